The van der Waals surface area contributed by atoms with Crippen molar-refractivity contribution in [2.45, 2.75) is 6.61 Å². The maximum Gasteiger partial charge on any atom is 0.267 e. The molecule has 0 saturated carbocycles. The first kappa shape index (κ1) is 17.0. The molecule has 3 heterocycles. The van der Waals surface area contributed by atoms with Crippen LogP contribution in [0.2, 0.25) is 0 Å². The van der Waals surface area contributed by atoms with E-state index in [4.69, 9.17) is 4.74 Å². The van der Waals surface area contributed by atoms with Crippen molar-refractivity contribution in [3.63, 3.8) is 0 Å². The highest BCUT2D eigenvalue weighted by molar-refractivity contribution is 6.11. The Labute approximate surface area is 154 Å². The van der Waals surface area contributed by atoms with Gasteiger partial charge in [-0.3, -0.25) is 10.2 Å². The first-order chi connectivity index (χ1) is 13.2. The van der Waals surface area contributed by atoms with E-state index in [1.807, 2.05) is 30.3 Å². The summed E-state index contributed by atoms with van der Waals surface area (Å²) in [5, 5.41) is 1.45. The number of halogens is 1. The third kappa shape index (κ3) is 3.90. The van der Waals surface area contributed by atoms with E-state index < -0.39 is 5.95 Å². The highest BCUT2D eigenvalue weighted by atomic mass is 19.1. The number of ether oxygens (including phenoxy) is 1. The molecule has 0 radical (unpaired) electrons. The highest BCUT2D eigenvalue weighted by Crippen LogP contribution is 2.13. The molecule has 8 heteroatoms. The Balaban J connectivity index is 1.50. The molecule has 1 aromatic heterocycles. The smallest absolute Gasteiger partial charge is 0.267 e. The number of benzene rings is 1. The predicted molar refractivity (Wildman–Crippen MR) is 97.2 cm³/mol. The molecule has 0 atom stereocenters. The molecule has 2 aliphatic rings. The molecule has 0 spiro atoms. The Hall–Kier alpha value is -3.39. The van der Waals surface area contributed by atoms with Crippen LogP contribution in [-0.4, -0.2) is 40.7 Å². The van der Waals surface area contributed by atoms with Crippen LogP contribution >= 0.6 is 0 Å². The van der Waals surface area contributed by atoms with E-state index in [9.17, 15) is 9.18 Å². The zero-order valence-corrected chi connectivity index (χ0v) is 14.3. The molecule has 0 aliphatic carbocycles. The average molecular weight is 365 g/mol. The molecule has 27 heavy (non-hydrogen) atoms. The second kappa shape index (κ2) is 7.46. The fraction of sp³-hybridized carbons (Fsp3) is 0.158. The molecular formula is C19H16FN5O2. The van der Waals surface area contributed by atoms with Gasteiger partial charge < -0.3 is 4.74 Å². The first-order valence-corrected chi connectivity index (χ1v) is 8.36. The third-order valence-electron chi connectivity index (χ3n) is 4.00. The Bertz CT molecular complexity index is 956. The monoisotopic (exact) mass is 365 g/mol. The Kier molecular flexibility index (Phi) is 4.71. The van der Waals surface area contributed by atoms with Gasteiger partial charge in [-0.05, 0) is 6.07 Å². The predicted octanol–water partition coefficient (Wildman–Crippen LogP) is 1.83. The first-order valence-electron chi connectivity index (χ1n) is 8.36. The van der Waals surface area contributed by atoms with Crippen molar-refractivity contribution in [3.8, 4) is 0 Å². The molecular weight excluding hydrogens is 349 g/mol. The minimum Gasteiger partial charge on any atom is -0.370 e. The fourth-order valence-corrected chi connectivity index (χ4v) is 2.70. The van der Waals surface area contributed by atoms with Gasteiger partial charge in [0.05, 0.1) is 18.9 Å². The molecule has 1 N–H and O–H groups in total. The van der Waals surface area contributed by atoms with Crippen molar-refractivity contribution in [2.75, 3.05) is 13.2 Å². The highest BCUT2D eigenvalue weighted by Gasteiger charge is 2.25. The third-order valence-corrected chi connectivity index (χ3v) is 4.00. The van der Waals surface area contributed by atoms with E-state index >= 15 is 0 Å². The van der Waals surface area contributed by atoms with Crippen LogP contribution in [0.25, 0.3) is 0 Å². The van der Waals surface area contributed by atoms with Gasteiger partial charge in [0.1, 0.15) is 6.54 Å². The van der Waals surface area contributed by atoms with E-state index in [1.54, 1.807) is 12.1 Å². The second-order valence-corrected chi connectivity index (χ2v) is 5.97. The van der Waals surface area contributed by atoms with Gasteiger partial charge >= 0.3 is 0 Å². The number of rotatable bonds is 5. The minimum atomic E-state index is -0.571. The van der Waals surface area contributed by atoms with Gasteiger partial charge in [-0.25, -0.2) is 20.0 Å². The molecule has 0 saturated heterocycles. The quantitative estimate of drug-likeness (QED) is 0.820. The Morgan fingerprint density at radius 3 is 2.78 bits per heavy atom. The number of nitrogens with one attached hydrogen (secondary N) is 1. The summed E-state index contributed by atoms with van der Waals surface area (Å²) in [5.41, 5.74) is 4.65. The number of amidine groups is 2. The number of aromatic nitrogens is 1. The Morgan fingerprint density at radius 1 is 1.11 bits per heavy atom. The van der Waals surface area contributed by atoms with Crippen LogP contribution < -0.4 is 5.43 Å². The SMILES string of the molecule is O=C1C=C(COCc2cccnc2F)N=C2CN1NC(c1ccccc1)=N2. The summed E-state index contributed by atoms with van der Waals surface area (Å²) in [6.07, 6.45) is 2.77. The lowest BCUT2D eigenvalue weighted by Gasteiger charge is -2.26. The molecule has 136 valence electrons. The molecule has 4 rings (SSSR count). The number of fused-ring (bicyclic) bond motifs is 2. The van der Waals surface area contributed by atoms with E-state index in [0.717, 1.165) is 5.56 Å². The van der Waals surface area contributed by atoms with Gasteiger partial charge in [-0.2, -0.15) is 4.39 Å². The van der Waals surface area contributed by atoms with Gasteiger partial charge in [0, 0.05) is 23.4 Å². The van der Waals surface area contributed by atoms with Crippen molar-refractivity contribution >= 4 is 17.6 Å². The van der Waals surface area contributed by atoms with Crippen LogP contribution in [0.5, 0.6) is 0 Å². The summed E-state index contributed by atoms with van der Waals surface area (Å²) in [5.74, 6) is 0.240. The summed E-state index contributed by atoms with van der Waals surface area (Å²) in [7, 11) is 0. The molecule has 0 unspecified atom stereocenters. The van der Waals surface area contributed by atoms with Crippen LogP contribution in [0.1, 0.15) is 11.1 Å². The number of aliphatic imine (C=N–C) groups is 2. The van der Waals surface area contributed by atoms with Crippen molar-refractivity contribution in [3.05, 3.63) is 77.5 Å². The average Bonchev–Trinajstić information content (AvgIpc) is 2.79. The molecule has 2 aliphatic heterocycles. The molecule has 2 aromatic rings. The summed E-state index contributed by atoms with van der Waals surface area (Å²) in [6, 6.07) is 12.7. The van der Waals surface area contributed by atoms with Crippen molar-refractivity contribution in [1.82, 2.24) is 15.4 Å². The van der Waals surface area contributed by atoms with Crippen molar-refractivity contribution in [2.24, 2.45) is 9.98 Å². The summed E-state index contributed by atoms with van der Waals surface area (Å²) in [6.45, 7) is 0.358. The van der Waals surface area contributed by atoms with Crippen LogP contribution in [0, 0.1) is 5.95 Å². The number of amides is 1. The number of pyridine rings is 1. The minimum absolute atomic E-state index is 0.0382. The van der Waals surface area contributed by atoms with Gasteiger partial charge in [-0.1, -0.05) is 36.4 Å². The van der Waals surface area contributed by atoms with Crippen LogP contribution in [0.3, 0.4) is 0 Å². The molecule has 7 nitrogen and oxygen atoms in total. The number of hydrogen-bond donors (Lipinski definition) is 1. The second-order valence-electron chi connectivity index (χ2n) is 5.97. The van der Waals surface area contributed by atoms with E-state index in [2.05, 4.69) is 20.4 Å². The van der Waals surface area contributed by atoms with E-state index in [-0.39, 0.29) is 25.7 Å². The normalized spacial score (nSPS) is 16.1. The van der Waals surface area contributed by atoms with Crippen molar-refractivity contribution in [1.29, 1.82) is 0 Å². The summed E-state index contributed by atoms with van der Waals surface area (Å²) >= 11 is 0. The largest absolute Gasteiger partial charge is 0.370 e. The van der Waals surface area contributed by atoms with Crippen LogP contribution in [-0.2, 0) is 16.1 Å². The Morgan fingerprint density at radius 2 is 1.96 bits per heavy atom. The summed E-state index contributed by atoms with van der Waals surface area (Å²) in [4.78, 5) is 24.9. The van der Waals surface area contributed by atoms with Gasteiger partial charge in [0.2, 0.25) is 5.95 Å². The maximum absolute atomic E-state index is 13.5. The lowest BCUT2D eigenvalue weighted by Crippen LogP contribution is -2.51. The zero-order valence-electron chi connectivity index (χ0n) is 14.3. The lowest BCUT2D eigenvalue weighted by molar-refractivity contribution is -0.127. The van der Waals surface area contributed by atoms with E-state index in [1.165, 1.54) is 17.3 Å². The fourth-order valence-electron chi connectivity index (χ4n) is 2.70. The lowest BCUT2D eigenvalue weighted by atomic mass is 10.2. The molecule has 1 aromatic carbocycles. The van der Waals surface area contributed by atoms with Gasteiger partial charge in [0.15, 0.2) is 11.7 Å². The van der Waals surface area contributed by atoms with E-state index in [0.29, 0.717) is 22.9 Å². The maximum atomic E-state index is 13.5. The molecule has 0 fully saturated rings. The van der Waals surface area contributed by atoms with Crippen LogP contribution in [0.15, 0.2) is 70.4 Å². The number of carbonyl (C=O) groups excluding carboxylic acids is 1. The molecule has 2 bridgehead atoms. The topological polar surface area (TPSA) is 79.2 Å². The number of hydrazine groups is 1. The zero-order chi connectivity index (χ0) is 18.6. The standard InChI is InChI=1S/C19H16FN5O2/c20-18-14(7-4-8-21-18)11-27-12-15-9-17(26)25-10-16(22-15)23-19(24-25)13-5-2-1-3-6-13/h1-9H,10-12H2,(H,22,23,24). The molecule has 1 amide bonds. The van der Waals surface area contributed by atoms with Gasteiger partial charge in [0.25, 0.3) is 5.91 Å². The summed E-state index contributed by atoms with van der Waals surface area (Å²) < 4.78 is 19.1. The van der Waals surface area contributed by atoms with Crippen molar-refractivity contribution < 1.29 is 13.9 Å². The van der Waals surface area contributed by atoms with Crippen LogP contribution in [0.4, 0.5) is 4.39 Å². The number of nitrogens with zero attached hydrogens (tertiary/aromatic N) is 4. The number of carbonyl (C=O) groups is 1. The van der Waals surface area contributed by atoms with Gasteiger partial charge in [-0.15, -0.1) is 0 Å². The number of hydrogen-bond acceptors (Lipinski definition) is 6.